The van der Waals surface area contributed by atoms with Gasteiger partial charge in [0.1, 0.15) is 5.76 Å². The molecule has 3 rings (SSSR count). The molecule has 1 aromatic rings. The fraction of sp³-hybridized carbons (Fsp3) is 0.667. The lowest BCUT2D eigenvalue weighted by atomic mass is 9.94. The Morgan fingerprint density at radius 1 is 1.38 bits per heavy atom. The Bertz CT molecular complexity index is 605. The van der Waals surface area contributed by atoms with Gasteiger partial charge in [-0.1, -0.05) is 32.9 Å². The van der Waals surface area contributed by atoms with Crippen LogP contribution in [0.1, 0.15) is 38.8 Å². The Kier molecular flexibility index (Phi) is 4.94. The molecular formula is C18H29N5O. The first-order valence-corrected chi connectivity index (χ1v) is 8.77. The molecule has 1 saturated heterocycles. The number of aromatic nitrogens is 1. The Hall–Kier alpha value is -1.82. The van der Waals surface area contributed by atoms with E-state index in [2.05, 4.69) is 58.0 Å². The monoisotopic (exact) mass is 331 g/mol. The number of aliphatic imine (C=N–C) groups is 1. The molecule has 1 aromatic heterocycles. The molecule has 3 heterocycles. The summed E-state index contributed by atoms with van der Waals surface area (Å²) in [5, 5.41) is 3.39. The molecule has 2 aliphatic rings. The summed E-state index contributed by atoms with van der Waals surface area (Å²) in [6, 6.07) is 0.618. The highest BCUT2D eigenvalue weighted by atomic mass is 16.4. The second kappa shape index (κ2) is 6.97. The van der Waals surface area contributed by atoms with E-state index in [-0.39, 0.29) is 5.41 Å². The van der Waals surface area contributed by atoms with E-state index in [4.69, 9.17) is 4.42 Å². The highest BCUT2D eigenvalue weighted by molar-refractivity contribution is 5.80. The molecule has 2 aliphatic heterocycles. The number of hydrogen-bond donors (Lipinski definition) is 1. The van der Waals surface area contributed by atoms with Gasteiger partial charge in [-0.3, -0.25) is 9.89 Å². The maximum absolute atomic E-state index is 5.84. The van der Waals surface area contributed by atoms with Gasteiger partial charge in [-0.05, 0) is 6.42 Å². The quantitative estimate of drug-likeness (QED) is 0.521. The van der Waals surface area contributed by atoms with Crippen molar-refractivity contribution in [3.63, 3.8) is 0 Å². The molecule has 0 radical (unpaired) electrons. The van der Waals surface area contributed by atoms with Crippen LogP contribution < -0.4 is 5.32 Å². The van der Waals surface area contributed by atoms with E-state index in [1.165, 1.54) is 6.42 Å². The molecular weight excluding hydrogens is 302 g/mol. The lowest BCUT2D eigenvalue weighted by molar-refractivity contribution is 0.259. The van der Waals surface area contributed by atoms with Gasteiger partial charge in [-0.15, -0.1) is 0 Å². The molecule has 0 saturated carbocycles. The van der Waals surface area contributed by atoms with E-state index in [1.807, 2.05) is 13.2 Å². The van der Waals surface area contributed by atoms with Crippen molar-refractivity contribution in [3.8, 4) is 0 Å². The fourth-order valence-electron chi connectivity index (χ4n) is 3.25. The van der Waals surface area contributed by atoms with Crippen molar-refractivity contribution in [3.05, 3.63) is 30.0 Å². The molecule has 1 N–H and O–H groups in total. The normalized spacial score (nSPS) is 22.6. The van der Waals surface area contributed by atoms with Gasteiger partial charge in [0.05, 0.1) is 12.7 Å². The molecule has 0 aliphatic carbocycles. The van der Waals surface area contributed by atoms with Crippen molar-refractivity contribution in [1.29, 1.82) is 0 Å². The fourth-order valence-corrected chi connectivity index (χ4v) is 3.25. The Labute approximate surface area is 144 Å². The largest absolute Gasteiger partial charge is 0.443 e. The number of rotatable bonds is 3. The molecule has 0 spiro atoms. The Morgan fingerprint density at radius 2 is 2.12 bits per heavy atom. The summed E-state index contributed by atoms with van der Waals surface area (Å²) in [6.45, 7) is 11.2. The number of hydrogen-bond acceptors (Lipinski definition) is 4. The molecule has 1 unspecified atom stereocenters. The predicted octanol–water partition coefficient (Wildman–Crippen LogP) is 1.99. The SMILES string of the molecule is CN=C(NCc1ncc(C(C)(C)C)o1)N1CCC(N2CC=CC2)C1. The second-order valence-corrected chi connectivity index (χ2v) is 7.58. The summed E-state index contributed by atoms with van der Waals surface area (Å²) in [5.41, 5.74) is -0.0150. The minimum absolute atomic E-state index is 0.0150. The van der Waals surface area contributed by atoms with Crippen LogP contribution in [0.25, 0.3) is 0 Å². The summed E-state index contributed by atoms with van der Waals surface area (Å²) in [5.74, 6) is 2.55. The molecule has 0 aromatic carbocycles. The van der Waals surface area contributed by atoms with E-state index >= 15 is 0 Å². The van der Waals surface area contributed by atoms with Gasteiger partial charge in [0.25, 0.3) is 0 Å². The molecule has 1 fully saturated rings. The predicted molar refractivity (Wildman–Crippen MR) is 96.1 cm³/mol. The molecule has 0 amide bonds. The minimum Gasteiger partial charge on any atom is -0.443 e. The van der Waals surface area contributed by atoms with Crippen molar-refractivity contribution in [1.82, 2.24) is 20.1 Å². The molecule has 1 atom stereocenters. The number of nitrogens with zero attached hydrogens (tertiary/aromatic N) is 4. The highest BCUT2D eigenvalue weighted by Crippen LogP contribution is 2.22. The van der Waals surface area contributed by atoms with E-state index in [9.17, 15) is 0 Å². The highest BCUT2D eigenvalue weighted by Gasteiger charge is 2.29. The van der Waals surface area contributed by atoms with Crippen LogP contribution in [0.4, 0.5) is 0 Å². The Balaban J connectivity index is 1.53. The lowest BCUT2D eigenvalue weighted by Gasteiger charge is -2.25. The number of guanidine groups is 1. The van der Waals surface area contributed by atoms with E-state index < -0.39 is 0 Å². The maximum Gasteiger partial charge on any atom is 0.213 e. The third kappa shape index (κ3) is 3.80. The van der Waals surface area contributed by atoms with Gasteiger partial charge in [0, 0.05) is 44.7 Å². The zero-order valence-electron chi connectivity index (χ0n) is 15.2. The van der Waals surface area contributed by atoms with Crippen molar-refractivity contribution in [2.45, 2.75) is 45.2 Å². The summed E-state index contributed by atoms with van der Waals surface area (Å²) in [7, 11) is 1.84. The Morgan fingerprint density at radius 3 is 2.75 bits per heavy atom. The van der Waals surface area contributed by atoms with Crippen LogP contribution in [-0.2, 0) is 12.0 Å². The topological polar surface area (TPSA) is 56.9 Å². The molecule has 0 bridgehead atoms. The number of nitrogens with one attached hydrogen (secondary N) is 1. The van der Waals surface area contributed by atoms with Crippen molar-refractivity contribution in [2.75, 3.05) is 33.2 Å². The summed E-state index contributed by atoms with van der Waals surface area (Å²) in [6.07, 6.45) is 7.53. The number of likely N-dealkylation sites (tertiary alicyclic amines) is 1. The molecule has 24 heavy (non-hydrogen) atoms. The van der Waals surface area contributed by atoms with Crippen LogP contribution in [-0.4, -0.2) is 60.0 Å². The molecule has 6 nitrogen and oxygen atoms in total. The summed E-state index contributed by atoms with van der Waals surface area (Å²) >= 11 is 0. The van der Waals surface area contributed by atoms with Gasteiger partial charge in [0.2, 0.25) is 5.89 Å². The first-order chi connectivity index (χ1) is 11.5. The van der Waals surface area contributed by atoms with Gasteiger partial charge in [-0.2, -0.15) is 0 Å². The van der Waals surface area contributed by atoms with E-state index in [1.54, 1.807) is 0 Å². The average molecular weight is 331 g/mol. The zero-order valence-corrected chi connectivity index (χ0v) is 15.2. The summed E-state index contributed by atoms with van der Waals surface area (Å²) < 4.78 is 5.84. The van der Waals surface area contributed by atoms with Crippen LogP contribution in [0.2, 0.25) is 0 Å². The second-order valence-electron chi connectivity index (χ2n) is 7.58. The third-order valence-electron chi connectivity index (χ3n) is 4.73. The van der Waals surface area contributed by atoms with Crippen LogP contribution in [0, 0.1) is 0 Å². The third-order valence-corrected chi connectivity index (χ3v) is 4.73. The van der Waals surface area contributed by atoms with Gasteiger partial charge >= 0.3 is 0 Å². The number of oxazole rings is 1. The van der Waals surface area contributed by atoms with Crippen LogP contribution in [0.15, 0.2) is 27.8 Å². The van der Waals surface area contributed by atoms with Crippen molar-refractivity contribution >= 4 is 5.96 Å². The zero-order chi connectivity index (χ0) is 17.2. The molecule has 6 heteroatoms. The van der Waals surface area contributed by atoms with Crippen LogP contribution >= 0.6 is 0 Å². The van der Waals surface area contributed by atoms with Crippen LogP contribution in [0.3, 0.4) is 0 Å². The lowest BCUT2D eigenvalue weighted by Crippen LogP contribution is -2.42. The van der Waals surface area contributed by atoms with Gasteiger partial charge in [-0.25, -0.2) is 4.98 Å². The smallest absolute Gasteiger partial charge is 0.213 e. The van der Waals surface area contributed by atoms with Crippen molar-refractivity contribution in [2.24, 2.45) is 4.99 Å². The van der Waals surface area contributed by atoms with Gasteiger partial charge < -0.3 is 14.6 Å². The average Bonchev–Trinajstić information content (AvgIpc) is 3.28. The van der Waals surface area contributed by atoms with Crippen molar-refractivity contribution < 1.29 is 4.42 Å². The van der Waals surface area contributed by atoms with E-state index in [0.717, 1.165) is 37.9 Å². The maximum atomic E-state index is 5.84. The van der Waals surface area contributed by atoms with Crippen LogP contribution in [0.5, 0.6) is 0 Å². The molecule has 132 valence electrons. The standard InChI is InChI=1S/C18H29N5O/c1-18(2,3)15-11-20-16(24-15)12-21-17(19-4)23-10-7-14(13-23)22-8-5-6-9-22/h5-6,11,14H,7-10,12-13H2,1-4H3,(H,19,21). The first kappa shape index (κ1) is 17.0. The van der Waals surface area contributed by atoms with Gasteiger partial charge in [0.15, 0.2) is 5.96 Å². The summed E-state index contributed by atoms with van der Waals surface area (Å²) in [4.78, 5) is 13.7. The minimum atomic E-state index is -0.0150. The van der Waals surface area contributed by atoms with E-state index in [0.29, 0.717) is 18.5 Å². The first-order valence-electron chi connectivity index (χ1n) is 8.77.